The standard InChI is InChI=1S/C23H19F4N5O2/c1-13-10-17-18(32(13)22(33)31-15-5-3-4-14(11-15)23(25,26)27)6-7-19(20(17)24)34-21-29-9-8-16(30-21)12-28-2/h3-11,28H,12H2,1-2H3,(H,31,33). The van der Waals surface area contributed by atoms with Crippen LogP contribution in [0.25, 0.3) is 10.9 Å². The van der Waals surface area contributed by atoms with Gasteiger partial charge in [0, 0.05) is 29.5 Å². The van der Waals surface area contributed by atoms with Crippen LogP contribution in [0.15, 0.2) is 54.7 Å². The lowest BCUT2D eigenvalue weighted by Crippen LogP contribution is -2.20. The van der Waals surface area contributed by atoms with E-state index in [2.05, 4.69) is 20.6 Å². The van der Waals surface area contributed by atoms with E-state index in [4.69, 9.17) is 4.74 Å². The molecule has 2 heterocycles. The van der Waals surface area contributed by atoms with E-state index in [0.29, 0.717) is 17.9 Å². The second kappa shape index (κ2) is 9.10. The van der Waals surface area contributed by atoms with E-state index in [1.165, 1.54) is 41.1 Å². The number of hydrogen-bond donors (Lipinski definition) is 2. The highest BCUT2D eigenvalue weighted by atomic mass is 19.4. The van der Waals surface area contributed by atoms with Crippen LogP contribution in [0.2, 0.25) is 0 Å². The summed E-state index contributed by atoms with van der Waals surface area (Å²) in [7, 11) is 1.76. The van der Waals surface area contributed by atoms with Gasteiger partial charge < -0.3 is 15.4 Å². The first-order valence-corrected chi connectivity index (χ1v) is 10.1. The van der Waals surface area contributed by atoms with Crippen molar-refractivity contribution in [2.75, 3.05) is 12.4 Å². The van der Waals surface area contributed by atoms with Crippen LogP contribution in [0.1, 0.15) is 17.0 Å². The molecule has 1 amide bonds. The SMILES string of the molecule is CNCc1ccnc(Oc2ccc3c(cc(C)n3C(=O)Nc3cccc(C(F)(F)F)c3)c2F)n1. The Kier molecular flexibility index (Phi) is 6.20. The van der Waals surface area contributed by atoms with Gasteiger partial charge in [0.2, 0.25) is 0 Å². The summed E-state index contributed by atoms with van der Waals surface area (Å²) in [6, 6.07) is 9.43. The zero-order valence-corrected chi connectivity index (χ0v) is 18.1. The molecule has 2 aromatic carbocycles. The van der Waals surface area contributed by atoms with Crippen molar-refractivity contribution in [1.29, 1.82) is 0 Å². The van der Waals surface area contributed by atoms with Crippen LogP contribution in [0.3, 0.4) is 0 Å². The predicted octanol–water partition coefficient (Wildman–Crippen LogP) is 5.49. The molecular formula is C23H19F4N5O2. The molecule has 11 heteroatoms. The summed E-state index contributed by atoms with van der Waals surface area (Å²) in [5.41, 5.74) is 0.315. The zero-order valence-electron chi connectivity index (χ0n) is 18.1. The number of anilines is 1. The summed E-state index contributed by atoms with van der Waals surface area (Å²) in [6.45, 7) is 2.06. The monoisotopic (exact) mass is 473 g/mol. The Labute approximate surface area is 191 Å². The first-order chi connectivity index (χ1) is 16.2. The van der Waals surface area contributed by atoms with Gasteiger partial charge in [0.15, 0.2) is 11.6 Å². The van der Waals surface area contributed by atoms with E-state index in [9.17, 15) is 18.0 Å². The van der Waals surface area contributed by atoms with Gasteiger partial charge >= 0.3 is 18.2 Å². The Morgan fingerprint density at radius 1 is 1.15 bits per heavy atom. The third kappa shape index (κ3) is 4.69. The summed E-state index contributed by atoms with van der Waals surface area (Å²) < 4.78 is 60.8. The Balaban J connectivity index is 1.63. The predicted molar refractivity (Wildman–Crippen MR) is 117 cm³/mol. The van der Waals surface area contributed by atoms with Crippen molar-refractivity contribution in [3.8, 4) is 11.8 Å². The molecule has 2 aromatic heterocycles. The van der Waals surface area contributed by atoms with Gasteiger partial charge in [-0.3, -0.25) is 4.57 Å². The molecule has 0 spiro atoms. The molecule has 4 aromatic rings. The second-order valence-corrected chi connectivity index (χ2v) is 7.40. The molecule has 0 bridgehead atoms. The number of amides is 1. The number of carbonyl (C=O) groups is 1. The Hall–Kier alpha value is -3.99. The molecule has 0 aliphatic rings. The first-order valence-electron chi connectivity index (χ1n) is 10.1. The molecule has 0 saturated carbocycles. The summed E-state index contributed by atoms with van der Waals surface area (Å²) >= 11 is 0. The van der Waals surface area contributed by atoms with Gasteiger partial charge in [-0.2, -0.15) is 18.2 Å². The van der Waals surface area contributed by atoms with Crippen molar-refractivity contribution < 1.29 is 27.1 Å². The summed E-state index contributed by atoms with van der Waals surface area (Å²) in [5, 5.41) is 5.47. The number of nitrogens with zero attached hydrogens (tertiary/aromatic N) is 3. The smallest absolute Gasteiger partial charge is 0.416 e. The van der Waals surface area contributed by atoms with E-state index >= 15 is 4.39 Å². The normalized spacial score (nSPS) is 11.6. The molecule has 0 fully saturated rings. The van der Waals surface area contributed by atoms with Gasteiger partial charge in [-0.05, 0) is 56.4 Å². The van der Waals surface area contributed by atoms with Crippen LogP contribution in [-0.2, 0) is 12.7 Å². The molecule has 0 atom stereocenters. The molecule has 0 aliphatic heterocycles. The molecule has 4 rings (SSSR count). The average molecular weight is 473 g/mol. The number of aryl methyl sites for hydroxylation is 1. The van der Waals surface area contributed by atoms with E-state index in [1.807, 2.05) is 0 Å². The van der Waals surface area contributed by atoms with Crippen LogP contribution >= 0.6 is 0 Å². The zero-order chi connectivity index (χ0) is 24.5. The number of alkyl halides is 3. The van der Waals surface area contributed by atoms with Crippen LogP contribution in [0.5, 0.6) is 11.8 Å². The van der Waals surface area contributed by atoms with Gasteiger partial charge in [0.25, 0.3) is 0 Å². The van der Waals surface area contributed by atoms with Gasteiger partial charge in [0.1, 0.15) is 0 Å². The maximum Gasteiger partial charge on any atom is 0.416 e. The third-order valence-electron chi connectivity index (χ3n) is 4.96. The molecular weight excluding hydrogens is 454 g/mol. The number of ether oxygens (including phenoxy) is 1. The lowest BCUT2D eigenvalue weighted by Gasteiger charge is -2.12. The Morgan fingerprint density at radius 2 is 1.94 bits per heavy atom. The highest BCUT2D eigenvalue weighted by Crippen LogP contribution is 2.32. The molecule has 2 N–H and O–H groups in total. The fourth-order valence-electron chi connectivity index (χ4n) is 3.46. The maximum absolute atomic E-state index is 15.2. The number of fused-ring (bicyclic) bond motifs is 1. The van der Waals surface area contributed by atoms with Crippen LogP contribution in [-0.4, -0.2) is 27.6 Å². The first kappa shape index (κ1) is 23.2. The van der Waals surface area contributed by atoms with Gasteiger partial charge in [-0.15, -0.1) is 0 Å². The van der Waals surface area contributed by atoms with Crippen LogP contribution < -0.4 is 15.4 Å². The van der Waals surface area contributed by atoms with E-state index in [1.54, 1.807) is 20.0 Å². The average Bonchev–Trinajstić information content (AvgIpc) is 3.13. The lowest BCUT2D eigenvalue weighted by molar-refractivity contribution is -0.137. The van der Waals surface area contributed by atoms with Crippen molar-refractivity contribution in [2.45, 2.75) is 19.6 Å². The second-order valence-electron chi connectivity index (χ2n) is 7.40. The minimum absolute atomic E-state index is 0.0376. The van der Waals surface area contributed by atoms with E-state index in [0.717, 1.165) is 12.1 Å². The van der Waals surface area contributed by atoms with Crippen molar-refractivity contribution in [1.82, 2.24) is 19.9 Å². The van der Waals surface area contributed by atoms with Crippen molar-refractivity contribution >= 4 is 22.6 Å². The fourth-order valence-corrected chi connectivity index (χ4v) is 3.46. The molecule has 0 unspecified atom stereocenters. The quantitative estimate of drug-likeness (QED) is 0.375. The van der Waals surface area contributed by atoms with Crippen LogP contribution in [0.4, 0.5) is 28.0 Å². The van der Waals surface area contributed by atoms with Gasteiger partial charge in [-0.25, -0.2) is 14.2 Å². The lowest BCUT2D eigenvalue weighted by atomic mass is 10.2. The van der Waals surface area contributed by atoms with Crippen molar-refractivity contribution in [3.63, 3.8) is 0 Å². The number of rotatable bonds is 5. The summed E-state index contributed by atoms with van der Waals surface area (Å²) in [6.07, 6.45) is -3.06. The largest absolute Gasteiger partial charge is 0.421 e. The fraction of sp³-hybridized carbons (Fsp3) is 0.174. The number of nitrogens with one attached hydrogen (secondary N) is 2. The minimum Gasteiger partial charge on any atom is -0.421 e. The number of aromatic nitrogens is 3. The minimum atomic E-state index is -4.55. The highest BCUT2D eigenvalue weighted by Gasteiger charge is 2.30. The molecule has 176 valence electrons. The summed E-state index contributed by atoms with van der Waals surface area (Å²) in [4.78, 5) is 21.0. The number of halogens is 4. The topological polar surface area (TPSA) is 81.1 Å². The van der Waals surface area contributed by atoms with E-state index in [-0.39, 0.29) is 28.4 Å². The maximum atomic E-state index is 15.2. The summed E-state index contributed by atoms with van der Waals surface area (Å²) in [5.74, 6) is -0.863. The third-order valence-corrected chi connectivity index (χ3v) is 4.96. The number of benzene rings is 2. The molecule has 0 radical (unpaired) electrons. The van der Waals surface area contributed by atoms with Crippen molar-refractivity contribution in [3.05, 3.63) is 77.5 Å². The van der Waals surface area contributed by atoms with Gasteiger partial charge in [-0.1, -0.05) is 6.07 Å². The van der Waals surface area contributed by atoms with Crippen molar-refractivity contribution in [2.24, 2.45) is 0 Å². The Morgan fingerprint density at radius 3 is 2.68 bits per heavy atom. The highest BCUT2D eigenvalue weighted by molar-refractivity contribution is 6.00. The Bertz CT molecular complexity index is 1370. The molecule has 0 aliphatic carbocycles. The number of carbonyl (C=O) groups excluding carboxylic acids is 1. The molecule has 0 saturated heterocycles. The number of hydrogen-bond acceptors (Lipinski definition) is 5. The van der Waals surface area contributed by atoms with Crippen LogP contribution in [0, 0.1) is 12.7 Å². The van der Waals surface area contributed by atoms with E-state index < -0.39 is 23.6 Å². The molecule has 7 nitrogen and oxygen atoms in total. The van der Waals surface area contributed by atoms with Gasteiger partial charge in [0.05, 0.1) is 16.8 Å². The molecule has 34 heavy (non-hydrogen) atoms.